The number of fused-ring (bicyclic) bond motifs is 2. The molecule has 3 atom stereocenters. The summed E-state index contributed by atoms with van der Waals surface area (Å²) in [6.45, 7) is 0. The van der Waals surface area contributed by atoms with E-state index in [-0.39, 0.29) is 11.8 Å². The summed E-state index contributed by atoms with van der Waals surface area (Å²) in [5, 5.41) is 10.5. The van der Waals surface area contributed by atoms with E-state index < -0.39 is 10.9 Å². The van der Waals surface area contributed by atoms with E-state index in [2.05, 4.69) is 12.2 Å². The molecule has 98 valence electrons. The van der Waals surface area contributed by atoms with Gasteiger partial charge in [0.25, 0.3) is 5.69 Å². The number of nitro groups is 1. The summed E-state index contributed by atoms with van der Waals surface area (Å²) in [5.41, 5.74) is 0.330. The van der Waals surface area contributed by atoms with Crippen LogP contribution in [0.2, 0.25) is 0 Å². The molecule has 5 nitrogen and oxygen atoms in total. The monoisotopic (exact) mass is 259 g/mol. The molecule has 0 amide bonds. The minimum Gasteiger partial charge on any atom is -0.458 e. The van der Waals surface area contributed by atoms with E-state index in [1.807, 2.05) is 0 Å². The first-order valence-electron chi connectivity index (χ1n) is 6.27. The predicted molar refractivity (Wildman–Crippen MR) is 67.7 cm³/mol. The molecule has 3 rings (SSSR count). The smallest absolute Gasteiger partial charge is 0.338 e. The van der Waals surface area contributed by atoms with Crippen molar-refractivity contribution in [1.29, 1.82) is 0 Å². The Kier molecular flexibility index (Phi) is 2.81. The van der Waals surface area contributed by atoms with Crippen LogP contribution in [0.4, 0.5) is 5.69 Å². The Morgan fingerprint density at radius 3 is 2.47 bits per heavy atom. The zero-order chi connectivity index (χ0) is 13.4. The molecule has 19 heavy (non-hydrogen) atoms. The van der Waals surface area contributed by atoms with Crippen molar-refractivity contribution >= 4 is 11.7 Å². The van der Waals surface area contributed by atoms with Crippen molar-refractivity contribution in [3.8, 4) is 0 Å². The van der Waals surface area contributed by atoms with Crippen LogP contribution in [-0.2, 0) is 4.74 Å². The molecular weight excluding hydrogens is 246 g/mol. The quantitative estimate of drug-likeness (QED) is 0.362. The average molecular weight is 259 g/mol. The summed E-state index contributed by atoms with van der Waals surface area (Å²) in [6, 6.07) is 5.50. The van der Waals surface area contributed by atoms with Crippen LogP contribution in [-0.4, -0.2) is 17.0 Å². The second-order valence-electron chi connectivity index (χ2n) is 5.03. The van der Waals surface area contributed by atoms with Gasteiger partial charge in [0, 0.05) is 18.1 Å². The number of hydrogen-bond donors (Lipinski definition) is 0. The lowest BCUT2D eigenvalue weighted by Gasteiger charge is -2.18. The number of allylic oxidation sites excluding steroid dienone is 1. The minimum atomic E-state index is -0.490. The number of nitro benzene ring substituents is 1. The summed E-state index contributed by atoms with van der Waals surface area (Å²) in [7, 11) is 0. The van der Waals surface area contributed by atoms with Crippen LogP contribution < -0.4 is 0 Å². The molecule has 0 heterocycles. The van der Waals surface area contributed by atoms with Crippen LogP contribution in [0.1, 0.15) is 23.2 Å². The normalized spacial score (nSPS) is 27.5. The lowest BCUT2D eigenvalue weighted by atomic mass is 10.0. The fraction of sp³-hybridized carbons (Fsp3) is 0.357. The number of nitrogens with zero attached hydrogens (tertiary/aromatic N) is 1. The van der Waals surface area contributed by atoms with Gasteiger partial charge in [-0.2, -0.15) is 0 Å². The molecule has 0 aliphatic heterocycles. The topological polar surface area (TPSA) is 69.4 Å². The minimum absolute atomic E-state index is 0.0283. The van der Waals surface area contributed by atoms with E-state index in [0.717, 1.165) is 12.8 Å². The van der Waals surface area contributed by atoms with E-state index in [0.29, 0.717) is 17.4 Å². The second kappa shape index (κ2) is 4.50. The third-order valence-electron chi connectivity index (χ3n) is 3.79. The van der Waals surface area contributed by atoms with Gasteiger partial charge in [0.2, 0.25) is 0 Å². The summed E-state index contributed by atoms with van der Waals surface area (Å²) >= 11 is 0. The number of rotatable bonds is 3. The third kappa shape index (κ3) is 2.23. The molecule has 3 unspecified atom stereocenters. The average Bonchev–Trinajstić information content (AvgIpc) is 3.01. The number of esters is 1. The molecule has 1 fully saturated rings. The standard InChI is InChI=1S/C14H13NO4/c16-14(10-3-5-12(6-4-10)15(17)18)19-13-8-9-1-2-11(13)7-9/h1-6,9,11,13H,7-8H2. The van der Waals surface area contributed by atoms with Crippen molar-refractivity contribution in [2.75, 3.05) is 0 Å². The van der Waals surface area contributed by atoms with Crippen molar-refractivity contribution in [3.05, 3.63) is 52.1 Å². The molecule has 0 aromatic heterocycles. The third-order valence-corrected chi connectivity index (χ3v) is 3.79. The molecule has 5 heteroatoms. The molecule has 1 saturated carbocycles. The highest BCUT2D eigenvalue weighted by Gasteiger charge is 2.38. The van der Waals surface area contributed by atoms with Gasteiger partial charge in [-0.1, -0.05) is 12.2 Å². The summed E-state index contributed by atoms with van der Waals surface area (Å²) in [4.78, 5) is 22.0. The van der Waals surface area contributed by atoms with Gasteiger partial charge in [-0.25, -0.2) is 4.79 Å². The number of non-ortho nitro benzene ring substituents is 1. The molecule has 1 aromatic carbocycles. The van der Waals surface area contributed by atoms with Crippen LogP contribution in [0, 0.1) is 22.0 Å². The van der Waals surface area contributed by atoms with Crippen molar-refractivity contribution in [2.45, 2.75) is 18.9 Å². The van der Waals surface area contributed by atoms with Crippen molar-refractivity contribution in [2.24, 2.45) is 11.8 Å². The second-order valence-corrected chi connectivity index (χ2v) is 5.03. The van der Waals surface area contributed by atoms with E-state index >= 15 is 0 Å². The number of carbonyl (C=O) groups excluding carboxylic acids is 1. The van der Waals surface area contributed by atoms with Crippen LogP contribution in [0.25, 0.3) is 0 Å². The van der Waals surface area contributed by atoms with Gasteiger partial charge in [-0.15, -0.1) is 0 Å². The molecule has 2 bridgehead atoms. The molecule has 0 saturated heterocycles. The lowest BCUT2D eigenvalue weighted by Crippen LogP contribution is -2.22. The fourth-order valence-electron chi connectivity index (χ4n) is 2.79. The maximum absolute atomic E-state index is 11.9. The first-order valence-corrected chi connectivity index (χ1v) is 6.27. The van der Waals surface area contributed by atoms with Crippen molar-refractivity contribution < 1.29 is 14.5 Å². The summed E-state index contributed by atoms with van der Waals surface area (Å²) < 4.78 is 5.47. The Labute approximate surface area is 110 Å². The molecule has 1 aromatic rings. The largest absolute Gasteiger partial charge is 0.458 e. The van der Waals surface area contributed by atoms with Crippen LogP contribution in [0.3, 0.4) is 0 Å². The maximum Gasteiger partial charge on any atom is 0.338 e. The zero-order valence-corrected chi connectivity index (χ0v) is 10.2. The van der Waals surface area contributed by atoms with Crippen molar-refractivity contribution in [1.82, 2.24) is 0 Å². The molecule has 0 radical (unpaired) electrons. The van der Waals surface area contributed by atoms with Gasteiger partial charge in [0.15, 0.2) is 0 Å². The highest BCUT2D eigenvalue weighted by molar-refractivity contribution is 5.89. The zero-order valence-electron chi connectivity index (χ0n) is 10.2. The van der Waals surface area contributed by atoms with Gasteiger partial charge in [0.05, 0.1) is 10.5 Å². The Morgan fingerprint density at radius 2 is 1.95 bits per heavy atom. The first-order chi connectivity index (χ1) is 9.13. The number of benzene rings is 1. The van der Waals surface area contributed by atoms with Gasteiger partial charge in [-0.3, -0.25) is 10.1 Å². The number of carbonyl (C=O) groups is 1. The van der Waals surface area contributed by atoms with Crippen molar-refractivity contribution in [3.63, 3.8) is 0 Å². The van der Waals surface area contributed by atoms with Crippen LogP contribution in [0.15, 0.2) is 36.4 Å². The molecule has 0 N–H and O–H groups in total. The summed E-state index contributed by atoms with van der Waals surface area (Å²) in [6.07, 6.45) is 6.21. The molecular formula is C14H13NO4. The van der Waals surface area contributed by atoms with Gasteiger partial charge in [-0.05, 0) is 30.9 Å². The maximum atomic E-state index is 11.9. The molecule has 0 spiro atoms. The number of ether oxygens (including phenoxy) is 1. The van der Waals surface area contributed by atoms with E-state index in [4.69, 9.17) is 4.74 Å². The van der Waals surface area contributed by atoms with Gasteiger partial charge < -0.3 is 4.74 Å². The highest BCUT2D eigenvalue weighted by atomic mass is 16.6. The summed E-state index contributed by atoms with van der Waals surface area (Å²) in [5.74, 6) is 0.479. The lowest BCUT2D eigenvalue weighted by molar-refractivity contribution is -0.384. The highest BCUT2D eigenvalue weighted by Crippen LogP contribution is 2.40. The first kappa shape index (κ1) is 11.9. The molecule has 2 aliphatic carbocycles. The molecule has 2 aliphatic rings. The Morgan fingerprint density at radius 1 is 1.21 bits per heavy atom. The van der Waals surface area contributed by atoms with Gasteiger partial charge in [0.1, 0.15) is 6.10 Å². The number of hydrogen-bond acceptors (Lipinski definition) is 4. The van der Waals surface area contributed by atoms with Crippen LogP contribution >= 0.6 is 0 Å². The Hall–Kier alpha value is -2.17. The predicted octanol–water partition coefficient (Wildman–Crippen LogP) is 2.72. The van der Waals surface area contributed by atoms with E-state index in [1.165, 1.54) is 24.3 Å². The van der Waals surface area contributed by atoms with E-state index in [1.54, 1.807) is 0 Å². The Balaban J connectivity index is 1.67. The Bertz CT molecular complexity index is 549. The SMILES string of the molecule is O=C(OC1CC2C=CC1C2)c1ccc([N+](=O)[O-])cc1. The van der Waals surface area contributed by atoms with Crippen LogP contribution in [0.5, 0.6) is 0 Å². The van der Waals surface area contributed by atoms with Gasteiger partial charge >= 0.3 is 5.97 Å². The van der Waals surface area contributed by atoms with E-state index in [9.17, 15) is 14.9 Å². The fourth-order valence-corrected chi connectivity index (χ4v) is 2.79.